The van der Waals surface area contributed by atoms with E-state index >= 15 is 4.39 Å². The van der Waals surface area contributed by atoms with Crippen molar-refractivity contribution in [2.24, 2.45) is 11.8 Å². The maximum atomic E-state index is 15.4. The fraction of sp³-hybridized carbons (Fsp3) is 0.500. The molecule has 2 aromatic carbocycles. The molecule has 184 valence electrons. The van der Waals surface area contributed by atoms with Crippen LogP contribution in [0, 0.1) is 23.5 Å². The summed E-state index contributed by atoms with van der Waals surface area (Å²) in [6.07, 6.45) is 8.18. The lowest BCUT2D eigenvalue weighted by atomic mass is 9.73. The van der Waals surface area contributed by atoms with E-state index in [9.17, 15) is 17.6 Å². The number of benzene rings is 2. The third kappa shape index (κ3) is 5.81. The summed E-state index contributed by atoms with van der Waals surface area (Å²) < 4.78 is 71.3. The summed E-state index contributed by atoms with van der Waals surface area (Å²) >= 11 is 0. The highest BCUT2D eigenvalue weighted by Crippen LogP contribution is 2.40. The topological polar surface area (TPSA) is 9.23 Å². The van der Waals surface area contributed by atoms with E-state index in [1.165, 1.54) is 62.3 Å². The average molecular weight is 479 g/mol. The molecule has 0 unspecified atom stereocenters. The van der Waals surface area contributed by atoms with E-state index in [0.717, 1.165) is 30.9 Å². The number of allylic oxidation sites excluding steroid dienone is 2. The molecule has 0 aliphatic heterocycles. The van der Waals surface area contributed by atoms with Crippen molar-refractivity contribution in [3.63, 3.8) is 0 Å². The maximum Gasteiger partial charge on any atom is 0.573 e. The van der Waals surface area contributed by atoms with E-state index in [1.807, 2.05) is 0 Å². The highest BCUT2D eigenvalue weighted by Gasteiger charge is 2.31. The van der Waals surface area contributed by atoms with Crippen molar-refractivity contribution in [3.05, 3.63) is 64.7 Å². The number of fused-ring (bicyclic) bond motifs is 1. The van der Waals surface area contributed by atoms with Gasteiger partial charge in [0.15, 0.2) is 0 Å². The van der Waals surface area contributed by atoms with Crippen LogP contribution >= 0.6 is 0 Å². The predicted octanol–water partition coefficient (Wildman–Crippen LogP) is 8.94. The zero-order chi connectivity index (χ0) is 24.3. The fourth-order valence-corrected chi connectivity index (χ4v) is 5.52. The molecular formula is C28H31F5O. The molecule has 1 fully saturated rings. The smallest absolute Gasteiger partial charge is 0.406 e. The molecule has 1 nitrogen and oxygen atoms in total. The summed E-state index contributed by atoms with van der Waals surface area (Å²) in [5, 5.41) is 0. The molecule has 0 aromatic heterocycles. The Hall–Kier alpha value is -2.37. The van der Waals surface area contributed by atoms with Crippen LogP contribution in [-0.2, 0) is 12.8 Å². The Labute approximate surface area is 198 Å². The van der Waals surface area contributed by atoms with Gasteiger partial charge in [-0.1, -0.05) is 56.4 Å². The molecule has 6 heteroatoms. The molecule has 0 bridgehead atoms. The molecular weight excluding hydrogens is 447 g/mol. The second-order valence-corrected chi connectivity index (χ2v) is 9.63. The first-order chi connectivity index (χ1) is 16.2. The Bertz CT molecular complexity index is 1010. The second-order valence-electron chi connectivity index (χ2n) is 9.63. The van der Waals surface area contributed by atoms with Gasteiger partial charge in [0.1, 0.15) is 17.4 Å². The number of hydrogen-bond acceptors (Lipinski definition) is 1. The maximum absolute atomic E-state index is 15.4. The van der Waals surface area contributed by atoms with Gasteiger partial charge in [0, 0.05) is 0 Å². The van der Waals surface area contributed by atoms with Gasteiger partial charge < -0.3 is 4.74 Å². The second kappa shape index (κ2) is 10.5. The van der Waals surface area contributed by atoms with E-state index in [-0.39, 0.29) is 11.1 Å². The molecule has 0 spiro atoms. The van der Waals surface area contributed by atoms with Gasteiger partial charge in [-0.25, -0.2) is 8.78 Å². The van der Waals surface area contributed by atoms with Crippen molar-refractivity contribution in [2.75, 3.05) is 0 Å². The standard InChI is InChI=1S/C28H31F5O/c1-2-3-4-5-18-6-8-19(9-7-18)21-12-15-24-22(16-21)17-25(29)26(27(24)30)20-10-13-23(14-11-20)34-28(31,32)33/h10-14,17-19H,2-9,15-16H2,1H3. The van der Waals surface area contributed by atoms with Gasteiger partial charge in [-0.3, -0.25) is 0 Å². The molecule has 0 N–H and O–H groups in total. The number of hydrogen-bond donors (Lipinski definition) is 0. The number of ether oxygens (including phenoxy) is 1. The van der Waals surface area contributed by atoms with Crippen LogP contribution in [0.5, 0.6) is 5.75 Å². The van der Waals surface area contributed by atoms with Crippen LogP contribution in [0.2, 0.25) is 0 Å². The zero-order valence-corrected chi connectivity index (χ0v) is 19.5. The van der Waals surface area contributed by atoms with Gasteiger partial charge >= 0.3 is 6.36 Å². The first-order valence-corrected chi connectivity index (χ1v) is 12.3. The summed E-state index contributed by atoms with van der Waals surface area (Å²) in [4.78, 5) is 0. The number of alkyl halides is 3. The summed E-state index contributed by atoms with van der Waals surface area (Å²) in [5.74, 6) is -0.453. The highest BCUT2D eigenvalue weighted by atomic mass is 19.4. The summed E-state index contributed by atoms with van der Waals surface area (Å²) in [6.45, 7) is 2.22. The minimum atomic E-state index is -4.82. The van der Waals surface area contributed by atoms with Crippen LogP contribution in [-0.4, -0.2) is 6.36 Å². The van der Waals surface area contributed by atoms with Crippen LogP contribution < -0.4 is 4.74 Å². The lowest BCUT2D eigenvalue weighted by Crippen LogP contribution is -2.20. The normalized spacial score (nSPS) is 20.6. The van der Waals surface area contributed by atoms with Crippen LogP contribution in [0.25, 0.3) is 11.1 Å². The Morgan fingerprint density at radius 3 is 2.32 bits per heavy atom. The third-order valence-electron chi connectivity index (χ3n) is 7.34. The molecule has 0 saturated heterocycles. The van der Waals surface area contributed by atoms with Gasteiger partial charge in [0.25, 0.3) is 0 Å². The van der Waals surface area contributed by atoms with E-state index in [4.69, 9.17) is 0 Å². The number of unbranched alkanes of at least 4 members (excludes halogenated alkanes) is 2. The molecule has 2 aliphatic rings. The Morgan fingerprint density at radius 1 is 0.971 bits per heavy atom. The van der Waals surface area contributed by atoms with E-state index in [2.05, 4.69) is 17.7 Å². The summed E-state index contributed by atoms with van der Waals surface area (Å²) in [5.41, 5.74) is 2.42. The van der Waals surface area contributed by atoms with Gasteiger partial charge in [-0.2, -0.15) is 0 Å². The summed E-state index contributed by atoms with van der Waals surface area (Å²) in [7, 11) is 0. The first-order valence-electron chi connectivity index (χ1n) is 12.3. The van der Waals surface area contributed by atoms with Gasteiger partial charge in [0.2, 0.25) is 0 Å². The van der Waals surface area contributed by atoms with Crippen molar-refractivity contribution < 1.29 is 26.7 Å². The minimum absolute atomic E-state index is 0.184. The molecule has 0 amide bonds. The molecule has 1 saturated carbocycles. The van der Waals surface area contributed by atoms with Crippen LogP contribution in [0.3, 0.4) is 0 Å². The van der Waals surface area contributed by atoms with Crippen LogP contribution in [0.1, 0.15) is 69.4 Å². The first kappa shape index (κ1) is 24.7. The molecule has 34 heavy (non-hydrogen) atoms. The quantitative estimate of drug-likeness (QED) is 0.219. The van der Waals surface area contributed by atoms with Crippen molar-refractivity contribution in [1.29, 1.82) is 0 Å². The SMILES string of the molecule is CCCCCC1CCC(C2=CCc3c(cc(F)c(-c4ccc(OC(F)(F)F)cc4)c3F)C2)CC1. The Kier molecular flexibility index (Phi) is 7.63. The largest absolute Gasteiger partial charge is 0.573 e. The molecule has 2 aliphatic carbocycles. The number of halogens is 5. The van der Waals surface area contributed by atoms with E-state index < -0.39 is 23.7 Å². The van der Waals surface area contributed by atoms with Crippen molar-refractivity contribution in [3.8, 4) is 16.9 Å². The lowest BCUT2D eigenvalue weighted by Gasteiger charge is -2.32. The zero-order valence-electron chi connectivity index (χ0n) is 19.5. The molecule has 0 radical (unpaired) electrons. The predicted molar refractivity (Wildman–Crippen MR) is 124 cm³/mol. The summed E-state index contributed by atoms with van der Waals surface area (Å²) in [6, 6.07) is 6.03. The van der Waals surface area contributed by atoms with Crippen LogP contribution in [0.4, 0.5) is 22.0 Å². The minimum Gasteiger partial charge on any atom is -0.406 e. The third-order valence-corrected chi connectivity index (χ3v) is 7.34. The number of rotatable bonds is 7. The Morgan fingerprint density at radius 2 is 1.68 bits per heavy atom. The van der Waals surface area contributed by atoms with Gasteiger partial charge in [-0.15, -0.1) is 13.2 Å². The van der Waals surface area contributed by atoms with Crippen molar-refractivity contribution in [1.82, 2.24) is 0 Å². The van der Waals surface area contributed by atoms with Crippen molar-refractivity contribution >= 4 is 0 Å². The highest BCUT2D eigenvalue weighted by molar-refractivity contribution is 5.68. The van der Waals surface area contributed by atoms with Gasteiger partial charge in [-0.05, 0) is 85.3 Å². The van der Waals surface area contributed by atoms with Crippen molar-refractivity contribution in [2.45, 2.75) is 77.5 Å². The molecule has 0 heterocycles. The monoisotopic (exact) mass is 478 g/mol. The van der Waals surface area contributed by atoms with E-state index in [0.29, 0.717) is 29.9 Å². The lowest BCUT2D eigenvalue weighted by molar-refractivity contribution is -0.274. The van der Waals surface area contributed by atoms with E-state index in [1.54, 1.807) is 0 Å². The molecule has 4 rings (SSSR count). The molecule has 0 atom stereocenters. The fourth-order valence-electron chi connectivity index (χ4n) is 5.52. The van der Waals surface area contributed by atoms with Gasteiger partial charge in [0.05, 0.1) is 5.56 Å². The molecule has 2 aromatic rings. The average Bonchev–Trinajstić information content (AvgIpc) is 2.79. The van der Waals surface area contributed by atoms with Crippen LogP contribution in [0.15, 0.2) is 42.0 Å². The Balaban J connectivity index is 1.45.